The van der Waals surface area contributed by atoms with Gasteiger partial charge in [-0.1, -0.05) is 129 Å². The lowest BCUT2D eigenvalue weighted by molar-refractivity contribution is 0.0536. The van der Waals surface area contributed by atoms with E-state index < -0.39 is 12.2 Å². The molecule has 0 aliphatic rings. The van der Waals surface area contributed by atoms with Crippen molar-refractivity contribution in [2.45, 2.75) is 167 Å². The van der Waals surface area contributed by atoms with Crippen LogP contribution >= 0.6 is 22.7 Å². The van der Waals surface area contributed by atoms with Crippen LogP contribution in [0.5, 0.6) is 11.5 Å². The average molecular weight is 835 g/mol. The van der Waals surface area contributed by atoms with E-state index in [4.69, 9.17) is 9.47 Å². The fraction of sp³-hybridized carbons (Fsp3) is 0.600. The number of aliphatic hydroxyl groups excluding tert-OH is 4. The minimum atomic E-state index is -0.893. The van der Waals surface area contributed by atoms with Crippen LogP contribution in [0.1, 0.15) is 153 Å². The molecule has 2 atom stereocenters. The Hall–Kier alpha value is -2.72. The predicted molar refractivity (Wildman–Crippen MR) is 247 cm³/mol. The number of hydrogen-bond donors (Lipinski definition) is 4. The van der Waals surface area contributed by atoms with Crippen molar-refractivity contribution >= 4 is 22.7 Å². The standard InChI is InChI=1S/C50H74O6S2/c1-3-5-7-9-11-13-15-17-19-21-23-41-33-47(57-49(41)39-25-29-45(30-26-39)55-37-43(53)35-51)48-34-42(24-22-20-18-16-14-12-10-8-6-4-2)50(58-48)40-27-31-46(32-28-40)56-38-44(54)36-52/h25-34,43-44,51-54H,3-24,35-38H2,1-2H3. The Morgan fingerprint density at radius 1 is 0.448 bits per heavy atom. The van der Waals surface area contributed by atoms with Crippen molar-refractivity contribution < 1.29 is 29.9 Å². The number of aliphatic hydroxyl groups is 4. The molecule has 0 bridgehead atoms. The minimum absolute atomic E-state index is 0.0632. The van der Waals surface area contributed by atoms with Crippen molar-refractivity contribution in [1.29, 1.82) is 0 Å². The van der Waals surface area contributed by atoms with Gasteiger partial charge in [-0.3, -0.25) is 0 Å². The quantitative estimate of drug-likeness (QED) is 0.0357. The van der Waals surface area contributed by atoms with Crippen LogP contribution in [0.3, 0.4) is 0 Å². The third kappa shape index (κ3) is 17.5. The van der Waals surface area contributed by atoms with Gasteiger partial charge in [0, 0.05) is 19.5 Å². The fourth-order valence-electron chi connectivity index (χ4n) is 7.46. The van der Waals surface area contributed by atoms with Crippen LogP contribution in [0.2, 0.25) is 0 Å². The Morgan fingerprint density at radius 2 is 0.759 bits per heavy atom. The van der Waals surface area contributed by atoms with Gasteiger partial charge in [0.15, 0.2) is 0 Å². The molecular weight excluding hydrogens is 761 g/mol. The van der Waals surface area contributed by atoms with E-state index in [1.807, 2.05) is 46.9 Å². The van der Waals surface area contributed by atoms with Crippen LogP contribution < -0.4 is 9.47 Å². The molecule has 0 radical (unpaired) electrons. The molecule has 2 heterocycles. The number of benzene rings is 2. The second kappa shape index (κ2) is 28.7. The normalized spacial score (nSPS) is 12.6. The molecule has 0 fully saturated rings. The molecule has 322 valence electrons. The highest BCUT2D eigenvalue weighted by molar-refractivity contribution is 7.25. The summed E-state index contributed by atoms with van der Waals surface area (Å²) in [6.45, 7) is 4.04. The summed E-state index contributed by atoms with van der Waals surface area (Å²) in [5.41, 5.74) is 5.17. The Morgan fingerprint density at radius 3 is 1.07 bits per heavy atom. The molecule has 2 aromatic carbocycles. The highest BCUT2D eigenvalue weighted by atomic mass is 32.1. The van der Waals surface area contributed by atoms with Crippen LogP contribution in [0.25, 0.3) is 30.6 Å². The van der Waals surface area contributed by atoms with Crippen molar-refractivity contribution in [3.05, 3.63) is 71.8 Å². The summed E-state index contributed by atoms with van der Waals surface area (Å²) in [4.78, 5) is 5.24. The molecule has 58 heavy (non-hydrogen) atoms. The number of ether oxygens (including phenoxy) is 2. The van der Waals surface area contributed by atoms with E-state index in [1.54, 1.807) is 0 Å². The maximum Gasteiger partial charge on any atom is 0.119 e. The Balaban J connectivity index is 1.51. The van der Waals surface area contributed by atoms with Crippen molar-refractivity contribution in [2.24, 2.45) is 0 Å². The van der Waals surface area contributed by atoms with Gasteiger partial charge < -0.3 is 29.9 Å². The average Bonchev–Trinajstić information content (AvgIpc) is 3.88. The molecule has 0 spiro atoms. The van der Waals surface area contributed by atoms with Gasteiger partial charge in [-0.05, 0) is 109 Å². The van der Waals surface area contributed by atoms with Gasteiger partial charge in [-0.2, -0.15) is 0 Å². The Labute approximate surface area is 358 Å². The van der Waals surface area contributed by atoms with Gasteiger partial charge in [0.05, 0.1) is 13.2 Å². The lowest BCUT2D eigenvalue weighted by Crippen LogP contribution is -2.21. The van der Waals surface area contributed by atoms with Crippen LogP contribution in [0.15, 0.2) is 60.7 Å². The van der Waals surface area contributed by atoms with Crippen molar-refractivity contribution in [3.63, 3.8) is 0 Å². The number of rotatable bonds is 33. The summed E-state index contributed by atoms with van der Waals surface area (Å²) in [6.07, 6.45) is 26.7. The van der Waals surface area contributed by atoms with Gasteiger partial charge in [0.1, 0.15) is 36.9 Å². The molecule has 0 aliphatic heterocycles. The van der Waals surface area contributed by atoms with E-state index in [0.29, 0.717) is 11.5 Å². The van der Waals surface area contributed by atoms with Gasteiger partial charge in [-0.25, -0.2) is 0 Å². The van der Waals surface area contributed by atoms with Crippen LogP contribution in [0.4, 0.5) is 0 Å². The number of unbranched alkanes of at least 4 members (excludes halogenated alkanes) is 18. The first-order chi connectivity index (χ1) is 28.4. The monoisotopic (exact) mass is 834 g/mol. The molecule has 0 saturated heterocycles. The summed E-state index contributed by atoms with van der Waals surface area (Å²) in [5, 5.41) is 38.0. The Bertz CT molecular complexity index is 1510. The maximum absolute atomic E-state index is 9.78. The zero-order valence-corrected chi connectivity index (χ0v) is 37.4. The molecule has 6 nitrogen and oxygen atoms in total. The van der Waals surface area contributed by atoms with E-state index in [1.165, 1.54) is 170 Å². The highest BCUT2D eigenvalue weighted by Crippen LogP contribution is 2.45. The molecule has 4 rings (SSSR count). The van der Waals surface area contributed by atoms with E-state index in [9.17, 15) is 20.4 Å². The van der Waals surface area contributed by atoms with E-state index in [-0.39, 0.29) is 26.4 Å². The first-order valence-corrected chi connectivity index (χ1v) is 24.4. The molecule has 0 saturated carbocycles. The number of aryl methyl sites for hydroxylation is 2. The first-order valence-electron chi connectivity index (χ1n) is 22.8. The van der Waals surface area contributed by atoms with Crippen LogP contribution in [-0.2, 0) is 12.8 Å². The van der Waals surface area contributed by atoms with E-state index >= 15 is 0 Å². The molecule has 4 N–H and O–H groups in total. The molecule has 2 aromatic heterocycles. The summed E-state index contributed by atoms with van der Waals surface area (Å²) < 4.78 is 11.5. The predicted octanol–water partition coefficient (Wildman–Crippen LogP) is 13.2. The largest absolute Gasteiger partial charge is 0.491 e. The first kappa shape index (κ1) is 48.0. The zero-order valence-electron chi connectivity index (χ0n) is 35.7. The lowest BCUT2D eigenvalue weighted by Gasteiger charge is -2.10. The molecule has 2 unspecified atom stereocenters. The zero-order chi connectivity index (χ0) is 41.2. The van der Waals surface area contributed by atoms with Gasteiger partial charge in [-0.15, -0.1) is 22.7 Å². The van der Waals surface area contributed by atoms with Crippen LogP contribution in [0, 0.1) is 0 Å². The van der Waals surface area contributed by atoms with E-state index in [0.717, 1.165) is 12.8 Å². The van der Waals surface area contributed by atoms with Crippen molar-refractivity contribution in [1.82, 2.24) is 0 Å². The summed E-state index contributed by atoms with van der Waals surface area (Å²) in [5.74, 6) is 1.37. The summed E-state index contributed by atoms with van der Waals surface area (Å²) in [6, 6.07) is 21.2. The summed E-state index contributed by atoms with van der Waals surface area (Å²) in [7, 11) is 0. The van der Waals surface area contributed by atoms with Crippen molar-refractivity contribution in [2.75, 3.05) is 26.4 Å². The van der Waals surface area contributed by atoms with Crippen molar-refractivity contribution in [3.8, 4) is 42.1 Å². The molecule has 0 amide bonds. The minimum Gasteiger partial charge on any atom is -0.491 e. The van der Waals surface area contributed by atoms with Gasteiger partial charge in [0.25, 0.3) is 0 Å². The second-order valence-electron chi connectivity index (χ2n) is 16.1. The molecule has 8 heteroatoms. The molecular formula is C50H74O6S2. The number of hydrogen-bond acceptors (Lipinski definition) is 8. The molecule has 0 aliphatic carbocycles. The topological polar surface area (TPSA) is 99.4 Å². The van der Waals surface area contributed by atoms with E-state index in [2.05, 4.69) is 50.2 Å². The Kier molecular flexibility index (Phi) is 23.7. The van der Waals surface area contributed by atoms with Crippen LogP contribution in [-0.4, -0.2) is 59.1 Å². The lowest BCUT2D eigenvalue weighted by atomic mass is 10.0. The maximum atomic E-state index is 9.78. The van der Waals surface area contributed by atoms with Gasteiger partial charge in [0.2, 0.25) is 0 Å². The molecule has 4 aromatic rings. The smallest absolute Gasteiger partial charge is 0.119 e. The second-order valence-corrected chi connectivity index (χ2v) is 18.2. The third-order valence-corrected chi connectivity index (χ3v) is 13.6. The van der Waals surface area contributed by atoms with Gasteiger partial charge >= 0.3 is 0 Å². The third-order valence-electron chi connectivity index (χ3n) is 11.0. The SMILES string of the molecule is CCCCCCCCCCCCc1cc(-c2cc(CCCCCCCCCCCC)c(-c3ccc(OCC(O)CO)cc3)s2)sc1-c1ccc(OCC(O)CO)cc1. The number of thiophene rings is 2. The fourth-order valence-corrected chi connectivity index (χ4v) is 9.96. The summed E-state index contributed by atoms with van der Waals surface area (Å²) >= 11 is 3.77. The highest BCUT2D eigenvalue weighted by Gasteiger charge is 2.18.